The van der Waals surface area contributed by atoms with Crippen LogP contribution in [-0.4, -0.2) is 21.7 Å². The van der Waals surface area contributed by atoms with Crippen LogP contribution in [0.3, 0.4) is 0 Å². The molecule has 0 aliphatic carbocycles. The highest BCUT2D eigenvalue weighted by atomic mass is 32.1. The zero-order valence-corrected chi connectivity index (χ0v) is 22.6. The van der Waals surface area contributed by atoms with Gasteiger partial charge in [-0.15, -0.1) is 11.3 Å². The van der Waals surface area contributed by atoms with Gasteiger partial charge in [-0.1, -0.05) is 65.9 Å². The fourth-order valence-corrected chi connectivity index (χ4v) is 6.81. The van der Waals surface area contributed by atoms with Crippen molar-refractivity contribution in [3.05, 3.63) is 125 Å². The SMILES string of the molecule is CCOC(=O)C1=C(C)N=c2s/c(=C\c3cn(Cc4ccccc4)c4ccccc34)c(=O)n2C1c1cccs1. The number of para-hydroxylation sites is 1. The van der Waals surface area contributed by atoms with Crippen molar-refractivity contribution < 1.29 is 9.53 Å². The Hall–Kier alpha value is -4.01. The summed E-state index contributed by atoms with van der Waals surface area (Å²) in [7, 11) is 0. The van der Waals surface area contributed by atoms with Crippen LogP contribution in [0.2, 0.25) is 0 Å². The van der Waals surface area contributed by atoms with Gasteiger partial charge in [0.05, 0.1) is 22.4 Å². The number of hydrogen-bond acceptors (Lipinski definition) is 6. The molecule has 0 spiro atoms. The van der Waals surface area contributed by atoms with E-state index < -0.39 is 12.0 Å². The Balaban J connectivity index is 1.51. The molecule has 2 aromatic carbocycles. The van der Waals surface area contributed by atoms with Crippen molar-refractivity contribution in [1.29, 1.82) is 0 Å². The normalized spacial score (nSPS) is 15.5. The number of carbonyl (C=O) groups is 1. The molecule has 1 atom stereocenters. The summed E-state index contributed by atoms with van der Waals surface area (Å²) >= 11 is 2.86. The van der Waals surface area contributed by atoms with E-state index in [4.69, 9.17) is 4.74 Å². The van der Waals surface area contributed by atoms with E-state index in [0.29, 0.717) is 20.6 Å². The number of ether oxygens (including phenoxy) is 1. The molecule has 190 valence electrons. The van der Waals surface area contributed by atoms with Crippen molar-refractivity contribution in [3.63, 3.8) is 0 Å². The molecule has 0 radical (unpaired) electrons. The summed E-state index contributed by atoms with van der Waals surface area (Å²) in [5.41, 5.74) is 4.10. The molecule has 0 amide bonds. The Morgan fingerprint density at radius 3 is 2.63 bits per heavy atom. The Morgan fingerprint density at radius 2 is 1.87 bits per heavy atom. The molecule has 0 saturated carbocycles. The number of rotatable bonds is 6. The number of fused-ring (bicyclic) bond motifs is 2. The highest BCUT2D eigenvalue weighted by Crippen LogP contribution is 2.33. The molecule has 0 N–H and O–H groups in total. The molecule has 1 aliphatic rings. The fraction of sp³-hybridized carbons (Fsp3) is 0.167. The topological polar surface area (TPSA) is 65.6 Å². The summed E-state index contributed by atoms with van der Waals surface area (Å²) in [6.07, 6.45) is 4.05. The van der Waals surface area contributed by atoms with Crippen molar-refractivity contribution in [2.24, 2.45) is 4.99 Å². The van der Waals surface area contributed by atoms with Gasteiger partial charge in [0.2, 0.25) is 0 Å². The standard InChI is InChI=1S/C30H25N3O3S2/c1-3-36-29(35)26-19(2)31-30-33(27(26)24-14-9-15-37-24)28(34)25(38-30)16-21-18-32(17-20-10-5-4-6-11-20)23-13-8-7-12-22(21)23/h4-16,18,27H,3,17H2,1-2H3/b25-16-. The predicted octanol–water partition coefficient (Wildman–Crippen LogP) is 4.86. The van der Waals surface area contributed by atoms with Crippen molar-refractivity contribution in [2.45, 2.75) is 26.4 Å². The van der Waals surface area contributed by atoms with Gasteiger partial charge in [-0.3, -0.25) is 9.36 Å². The lowest BCUT2D eigenvalue weighted by Crippen LogP contribution is -2.39. The first-order valence-electron chi connectivity index (χ1n) is 12.4. The average Bonchev–Trinajstić information content (AvgIpc) is 3.64. The third-order valence-electron chi connectivity index (χ3n) is 6.63. The van der Waals surface area contributed by atoms with Crippen molar-refractivity contribution in [3.8, 4) is 0 Å². The molecule has 3 aromatic heterocycles. The lowest BCUT2D eigenvalue weighted by atomic mass is 10.0. The van der Waals surface area contributed by atoms with E-state index in [-0.39, 0.29) is 12.2 Å². The van der Waals surface area contributed by atoms with Gasteiger partial charge in [0.15, 0.2) is 4.80 Å². The molecule has 1 aliphatic heterocycles. The lowest BCUT2D eigenvalue weighted by molar-refractivity contribution is -0.139. The van der Waals surface area contributed by atoms with Crippen LogP contribution in [0.1, 0.15) is 35.9 Å². The molecule has 8 heteroatoms. The van der Waals surface area contributed by atoms with Crippen LogP contribution in [-0.2, 0) is 16.1 Å². The molecule has 38 heavy (non-hydrogen) atoms. The fourth-order valence-electron chi connectivity index (χ4n) is 4.95. The summed E-state index contributed by atoms with van der Waals surface area (Å²) in [4.78, 5) is 33.0. The summed E-state index contributed by atoms with van der Waals surface area (Å²) < 4.78 is 9.79. The van der Waals surface area contributed by atoms with Crippen molar-refractivity contribution in [1.82, 2.24) is 9.13 Å². The number of allylic oxidation sites excluding steroid dienone is 1. The number of nitrogens with zero attached hydrogens (tertiary/aromatic N) is 3. The maximum absolute atomic E-state index is 13.9. The molecule has 0 fully saturated rings. The zero-order chi connectivity index (χ0) is 26.2. The van der Waals surface area contributed by atoms with E-state index in [9.17, 15) is 9.59 Å². The van der Waals surface area contributed by atoms with Gasteiger partial charge in [0.25, 0.3) is 5.56 Å². The second-order valence-corrected chi connectivity index (χ2v) is 11.0. The van der Waals surface area contributed by atoms with E-state index in [1.165, 1.54) is 28.2 Å². The van der Waals surface area contributed by atoms with E-state index in [1.807, 2.05) is 53.9 Å². The number of carbonyl (C=O) groups excluding carboxylic acids is 1. The number of esters is 1. The van der Waals surface area contributed by atoms with E-state index in [0.717, 1.165) is 27.9 Å². The first kappa shape index (κ1) is 24.3. The van der Waals surface area contributed by atoms with Gasteiger partial charge >= 0.3 is 5.97 Å². The largest absolute Gasteiger partial charge is 0.463 e. The van der Waals surface area contributed by atoms with Gasteiger partial charge in [-0.2, -0.15) is 0 Å². The van der Waals surface area contributed by atoms with Crippen LogP contribution >= 0.6 is 22.7 Å². The van der Waals surface area contributed by atoms with Gasteiger partial charge < -0.3 is 9.30 Å². The number of benzene rings is 2. The maximum Gasteiger partial charge on any atom is 0.338 e. The Kier molecular flexibility index (Phi) is 6.43. The zero-order valence-electron chi connectivity index (χ0n) is 21.0. The third kappa shape index (κ3) is 4.25. The summed E-state index contributed by atoms with van der Waals surface area (Å²) in [5.74, 6) is -0.439. The minimum Gasteiger partial charge on any atom is -0.463 e. The molecular weight excluding hydrogens is 514 g/mol. The molecule has 6 rings (SSSR count). The van der Waals surface area contributed by atoms with Crippen LogP contribution in [0.4, 0.5) is 0 Å². The van der Waals surface area contributed by atoms with Crippen LogP contribution in [0.25, 0.3) is 17.0 Å². The number of thiazole rings is 1. The van der Waals surface area contributed by atoms with Crippen LogP contribution < -0.4 is 14.9 Å². The molecule has 4 heterocycles. The minimum atomic E-state index is -0.563. The number of thiophene rings is 1. The highest BCUT2D eigenvalue weighted by Gasteiger charge is 2.33. The maximum atomic E-state index is 13.9. The smallest absolute Gasteiger partial charge is 0.338 e. The Labute approximate surface area is 227 Å². The average molecular weight is 540 g/mol. The molecule has 0 saturated heterocycles. The molecule has 5 aromatic rings. The summed E-state index contributed by atoms with van der Waals surface area (Å²) in [6, 6.07) is 21.9. The molecule has 0 bridgehead atoms. The van der Waals surface area contributed by atoms with E-state index in [2.05, 4.69) is 40.0 Å². The highest BCUT2D eigenvalue weighted by molar-refractivity contribution is 7.10. The predicted molar refractivity (Wildman–Crippen MR) is 152 cm³/mol. The Bertz CT molecular complexity index is 1860. The van der Waals surface area contributed by atoms with E-state index in [1.54, 1.807) is 18.4 Å². The quantitative estimate of drug-likeness (QED) is 0.290. The third-order valence-corrected chi connectivity index (χ3v) is 8.54. The second kappa shape index (κ2) is 10.0. The van der Waals surface area contributed by atoms with Gasteiger partial charge in [-0.05, 0) is 43.0 Å². The second-order valence-electron chi connectivity index (χ2n) is 9.03. The first-order chi connectivity index (χ1) is 18.5. The van der Waals surface area contributed by atoms with Gasteiger partial charge in [0.1, 0.15) is 6.04 Å². The van der Waals surface area contributed by atoms with Gasteiger partial charge in [-0.25, -0.2) is 9.79 Å². The van der Waals surface area contributed by atoms with Crippen molar-refractivity contribution in [2.75, 3.05) is 6.61 Å². The lowest BCUT2D eigenvalue weighted by Gasteiger charge is -2.23. The molecule has 6 nitrogen and oxygen atoms in total. The van der Waals surface area contributed by atoms with Crippen LogP contribution in [0.5, 0.6) is 0 Å². The minimum absolute atomic E-state index is 0.165. The first-order valence-corrected chi connectivity index (χ1v) is 14.1. The molecule has 1 unspecified atom stereocenters. The van der Waals surface area contributed by atoms with Crippen LogP contribution in [0, 0.1) is 0 Å². The molecular formula is C30H25N3O3S2. The Morgan fingerprint density at radius 1 is 1.08 bits per heavy atom. The monoisotopic (exact) mass is 539 g/mol. The number of aromatic nitrogens is 2. The van der Waals surface area contributed by atoms with Gasteiger partial charge in [0, 0.05) is 34.1 Å². The van der Waals surface area contributed by atoms with E-state index >= 15 is 0 Å². The summed E-state index contributed by atoms with van der Waals surface area (Å²) in [5, 5.41) is 3.03. The summed E-state index contributed by atoms with van der Waals surface area (Å²) in [6.45, 7) is 4.57. The van der Waals surface area contributed by atoms with Crippen molar-refractivity contribution >= 4 is 45.6 Å². The van der Waals surface area contributed by atoms with Crippen LogP contribution in [0.15, 0.2) is 99.4 Å². The number of hydrogen-bond donors (Lipinski definition) is 0.